The molecule has 3 aliphatic rings. The van der Waals surface area contributed by atoms with E-state index >= 15 is 0 Å². The lowest BCUT2D eigenvalue weighted by atomic mass is 9.54. The average molecular weight is 342 g/mol. The molecule has 5 heteroatoms. The van der Waals surface area contributed by atoms with Gasteiger partial charge in [-0.2, -0.15) is 0 Å². The maximum absolute atomic E-state index is 12.8. The summed E-state index contributed by atoms with van der Waals surface area (Å²) in [7, 11) is 1.76. The number of likely N-dealkylation sites (N-methyl/N-ethyl adjacent to an activating group) is 1. The van der Waals surface area contributed by atoms with Crippen molar-refractivity contribution in [3.63, 3.8) is 0 Å². The number of benzene rings is 1. The SMILES string of the molecule is CN(C=O)CCc1ccc(NC(=O)C23CCC(C=O)(CC2)CC3)cc1. The van der Waals surface area contributed by atoms with E-state index in [-0.39, 0.29) is 16.7 Å². The summed E-state index contributed by atoms with van der Waals surface area (Å²) in [6.07, 6.45) is 7.69. The van der Waals surface area contributed by atoms with Crippen LogP contribution in [-0.4, -0.2) is 37.1 Å². The highest BCUT2D eigenvalue weighted by Crippen LogP contribution is 2.56. The molecule has 1 N–H and O–H groups in total. The molecule has 3 saturated carbocycles. The van der Waals surface area contributed by atoms with Crippen LogP contribution in [0.5, 0.6) is 0 Å². The first-order valence-corrected chi connectivity index (χ1v) is 9.03. The Morgan fingerprint density at radius 3 is 2.20 bits per heavy atom. The predicted molar refractivity (Wildman–Crippen MR) is 96.1 cm³/mol. The average Bonchev–Trinajstić information content (AvgIpc) is 2.68. The van der Waals surface area contributed by atoms with E-state index in [2.05, 4.69) is 5.32 Å². The lowest BCUT2D eigenvalue weighted by molar-refractivity contribution is -0.139. The van der Waals surface area contributed by atoms with Crippen molar-refractivity contribution < 1.29 is 14.4 Å². The number of rotatable bonds is 7. The number of hydrogen-bond donors (Lipinski definition) is 1. The maximum atomic E-state index is 12.8. The van der Waals surface area contributed by atoms with Gasteiger partial charge >= 0.3 is 0 Å². The van der Waals surface area contributed by atoms with Gasteiger partial charge in [0.05, 0.1) is 0 Å². The van der Waals surface area contributed by atoms with Crippen LogP contribution >= 0.6 is 0 Å². The molecule has 5 nitrogen and oxygen atoms in total. The zero-order valence-electron chi connectivity index (χ0n) is 14.8. The number of anilines is 1. The first-order chi connectivity index (χ1) is 12.0. The second-order valence-corrected chi connectivity index (χ2v) is 7.75. The molecule has 1 aromatic rings. The van der Waals surface area contributed by atoms with Crippen LogP contribution in [-0.2, 0) is 20.8 Å². The quantitative estimate of drug-likeness (QED) is 0.775. The molecule has 3 aliphatic carbocycles. The van der Waals surface area contributed by atoms with Gasteiger partial charge in [-0.3, -0.25) is 9.59 Å². The minimum atomic E-state index is -0.296. The molecule has 0 aromatic heterocycles. The maximum Gasteiger partial charge on any atom is 0.230 e. The van der Waals surface area contributed by atoms with Crippen LogP contribution in [0.4, 0.5) is 5.69 Å². The smallest absolute Gasteiger partial charge is 0.230 e. The third-order valence-corrected chi connectivity index (χ3v) is 6.18. The Hall–Kier alpha value is -2.17. The van der Waals surface area contributed by atoms with Crippen molar-refractivity contribution in [3.8, 4) is 0 Å². The van der Waals surface area contributed by atoms with Gasteiger partial charge in [0, 0.05) is 30.1 Å². The Kier molecular flexibility index (Phi) is 4.93. The van der Waals surface area contributed by atoms with E-state index in [1.807, 2.05) is 24.3 Å². The Balaban J connectivity index is 1.58. The number of nitrogens with zero attached hydrogens (tertiary/aromatic N) is 1. The van der Waals surface area contributed by atoms with E-state index in [4.69, 9.17) is 0 Å². The van der Waals surface area contributed by atoms with Gasteiger partial charge in [0.2, 0.25) is 12.3 Å². The molecular weight excluding hydrogens is 316 g/mol. The van der Waals surface area contributed by atoms with Gasteiger partial charge in [-0.25, -0.2) is 0 Å². The molecule has 0 saturated heterocycles. The van der Waals surface area contributed by atoms with Crippen LogP contribution in [0.3, 0.4) is 0 Å². The second-order valence-electron chi connectivity index (χ2n) is 7.75. The van der Waals surface area contributed by atoms with Crippen LogP contribution in [0.2, 0.25) is 0 Å². The van der Waals surface area contributed by atoms with Crippen molar-refractivity contribution in [1.29, 1.82) is 0 Å². The summed E-state index contributed by atoms with van der Waals surface area (Å²) in [5, 5.41) is 3.07. The lowest BCUT2D eigenvalue weighted by Gasteiger charge is -2.49. The van der Waals surface area contributed by atoms with Crippen LogP contribution < -0.4 is 5.32 Å². The Bertz CT molecular complexity index is 629. The predicted octanol–water partition coefficient (Wildman–Crippen LogP) is 2.80. The third-order valence-electron chi connectivity index (χ3n) is 6.18. The summed E-state index contributed by atoms with van der Waals surface area (Å²) in [6, 6.07) is 7.83. The van der Waals surface area contributed by atoms with Gasteiger partial charge in [-0.05, 0) is 62.6 Å². The van der Waals surface area contributed by atoms with Gasteiger partial charge in [0.25, 0.3) is 0 Å². The number of hydrogen-bond acceptors (Lipinski definition) is 3. The van der Waals surface area contributed by atoms with Gasteiger partial charge in [-0.15, -0.1) is 0 Å². The van der Waals surface area contributed by atoms with E-state index in [1.165, 1.54) is 0 Å². The van der Waals surface area contributed by atoms with Crippen LogP contribution in [0.25, 0.3) is 0 Å². The Labute approximate surface area is 148 Å². The molecule has 4 rings (SSSR count). The minimum Gasteiger partial charge on any atom is -0.348 e. The summed E-state index contributed by atoms with van der Waals surface area (Å²) in [5.41, 5.74) is 1.50. The normalized spacial score (nSPS) is 27.6. The summed E-state index contributed by atoms with van der Waals surface area (Å²) < 4.78 is 0. The highest BCUT2D eigenvalue weighted by molar-refractivity contribution is 5.95. The van der Waals surface area contributed by atoms with E-state index in [0.29, 0.717) is 6.54 Å². The summed E-state index contributed by atoms with van der Waals surface area (Å²) in [4.78, 5) is 36.4. The monoisotopic (exact) mass is 342 g/mol. The molecule has 1 aromatic carbocycles. The highest BCUT2D eigenvalue weighted by atomic mass is 16.2. The largest absolute Gasteiger partial charge is 0.348 e. The molecule has 0 unspecified atom stereocenters. The van der Waals surface area contributed by atoms with E-state index < -0.39 is 0 Å². The molecule has 2 bridgehead atoms. The van der Waals surface area contributed by atoms with E-state index in [1.54, 1.807) is 11.9 Å². The first-order valence-electron chi connectivity index (χ1n) is 9.03. The molecule has 0 atom stereocenters. The lowest BCUT2D eigenvalue weighted by Crippen LogP contribution is -2.48. The fraction of sp³-hybridized carbons (Fsp3) is 0.550. The second kappa shape index (κ2) is 6.98. The Morgan fingerprint density at radius 1 is 1.08 bits per heavy atom. The van der Waals surface area contributed by atoms with Crippen molar-refractivity contribution in [2.75, 3.05) is 18.9 Å². The van der Waals surface area contributed by atoms with Crippen molar-refractivity contribution >= 4 is 24.3 Å². The van der Waals surface area contributed by atoms with E-state index in [0.717, 1.165) is 68.9 Å². The van der Waals surface area contributed by atoms with Crippen molar-refractivity contribution in [3.05, 3.63) is 29.8 Å². The topological polar surface area (TPSA) is 66.5 Å². The number of nitrogens with one attached hydrogen (secondary N) is 1. The van der Waals surface area contributed by atoms with Gasteiger partial charge in [0.1, 0.15) is 6.29 Å². The first kappa shape index (κ1) is 17.6. The number of carbonyl (C=O) groups excluding carboxylic acids is 3. The minimum absolute atomic E-state index is 0.0973. The summed E-state index contributed by atoms with van der Waals surface area (Å²) in [6.45, 7) is 0.677. The third kappa shape index (κ3) is 3.60. The molecule has 2 amide bonds. The molecular formula is C20H26N2O3. The number of aldehydes is 1. The van der Waals surface area contributed by atoms with Gasteiger partial charge in [-0.1, -0.05) is 12.1 Å². The van der Waals surface area contributed by atoms with Gasteiger partial charge in [0.15, 0.2) is 0 Å². The number of carbonyl (C=O) groups is 3. The van der Waals surface area contributed by atoms with Crippen LogP contribution in [0.15, 0.2) is 24.3 Å². The standard InChI is InChI=1S/C20H26N2O3/c1-22(15-24)13-6-16-2-4-17(5-3-16)21-18(25)20-10-7-19(14-23,8-11-20)9-12-20/h2-5,14-15H,6-13H2,1H3,(H,21,25). The zero-order chi connectivity index (χ0) is 17.9. The highest BCUT2D eigenvalue weighted by Gasteiger charge is 2.52. The summed E-state index contributed by atoms with van der Waals surface area (Å²) in [5.74, 6) is 0.0973. The zero-order valence-corrected chi connectivity index (χ0v) is 14.8. The van der Waals surface area contributed by atoms with Gasteiger partial charge < -0.3 is 15.0 Å². The van der Waals surface area contributed by atoms with Crippen LogP contribution in [0, 0.1) is 10.8 Å². The fourth-order valence-corrected chi connectivity index (χ4v) is 4.11. The number of amides is 2. The van der Waals surface area contributed by atoms with Crippen molar-refractivity contribution in [2.24, 2.45) is 10.8 Å². The van der Waals surface area contributed by atoms with Crippen molar-refractivity contribution in [1.82, 2.24) is 4.90 Å². The molecule has 0 aliphatic heterocycles. The number of fused-ring (bicyclic) bond motifs is 3. The molecule has 3 fully saturated rings. The molecule has 25 heavy (non-hydrogen) atoms. The molecule has 134 valence electrons. The summed E-state index contributed by atoms with van der Waals surface area (Å²) >= 11 is 0. The molecule has 0 heterocycles. The van der Waals surface area contributed by atoms with Crippen molar-refractivity contribution in [2.45, 2.75) is 44.9 Å². The van der Waals surface area contributed by atoms with Crippen LogP contribution in [0.1, 0.15) is 44.1 Å². The molecule has 0 radical (unpaired) electrons. The van der Waals surface area contributed by atoms with E-state index in [9.17, 15) is 14.4 Å². The molecule has 0 spiro atoms. The fourth-order valence-electron chi connectivity index (χ4n) is 4.11. The Morgan fingerprint density at radius 2 is 1.68 bits per heavy atom.